The van der Waals surface area contributed by atoms with Crippen molar-refractivity contribution in [3.05, 3.63) is 75.7 Å². The predicted octanol–water partition coefficient (Wildman–Crippen LogP) is 5.30. The molecule has 1 aromatic heterocycles. The number of benzene rings is 2. The first-order chi connectivity index (χ1) is 15.6. The number of para-hydroxylation sites is 1. The van der Waals surface area contributed by atoms with Gasteiger partial charge >= 0.3 is 0 Å². The lowest BCUT2D eigenvalue weighted by atomic mass is 10.2. The first kappa shape index (κ1) is 23.3. The zero-order valence-corrected chi connectivity index (χ0v) is 19.0. The van der Waals surface area contributed by atoms with Gasteiger partial charge in [-0.1, -0.05) is 49.6 Å². The van der Waals surface area contributed by atoms with Crippen LogP contribution in [0.15, 0.2) is 64.6 Å². The summed E-state index contributed by atoms with van der Waals surface area (Å²) in [6.07, 6.45) is 6.36. The second-order valence-electron chi connectivity index (χ2n) is 6.99. The zero-order chi connectivity index (χ0) is 22.8. The Labute approximate surface area is 192 Å². The largest absolute Gasteiger partial charge is 0.490 e. The van der Waals surface area contributed by atoms with Crippen molar-refractivity contribution < 1.29 is 9.47 Å². The fourth-order valence-electron chi connectivity index (χ4n) is 2.97. The summed E-state index contributed by atoms with van der Waals surface area (Å²) in [5.41, 5.74) is 4.12. The molecule has 0 aliphatic heterocycles. The topological polar surface area (TPSA) is 77.7 Å². The normalized spacial score (nSPS) is 11.0. The lowest BCUT2D eigenvalue weighted by molar-refractivity contribution is 0.271. The van der Waals surface area contributed by atoms with Crippen LogP contribution >= 0.6 is 11.6 Å². The van der Waals surface area contributed by atoms with Crippen LogP contribution in [-0.4, -0.2) is 29.2 Å². The number of rotatable bonds is 11. The van der Waals surface area contributed by atoms with Crippen molar-refractivity contribution in [3.8, 4) is 17.2 Å². The molecule has 0 saturated heterocycles. The van der Waals surface area contributed by atoms with Crippen molar-refractivity contribution in [1.29, 1.82) is 0 Å². The zero-order valence-electron chi connectivity index (χ0n) is 18.3. The molecule has 0 aliphatic rings. The Morgan fingerprint density at radius 1 is 1.09 bits per heavy atom. The number of hydrazone groups is 1. The molecule has 32 heavy (non-hydrogen) atoms. The minimum absolute atomic E-state index is 0.00633. The van der Waals surface area contributed by atoms with E-state index in [4.69, 9.17) is 21.1 Å². The quantitative estimate of drug-likeness (QED) is 0.241. The number of nitrogens with zero attached hydrogens (tertiary/aromatic N) is 3. The SMILES string of the molecule is CCCCCOc1ccc(/C=N\Nc2cnn(-c3ccccc3)c(=O)c2Cl)cc1OCC. The van der Waals surface area contributed by atoms with Gasteiger partial charge < -0.3 is 9.47 Å². The van der Waals surface area contributed by atoms with Gasteiger partial charge in [0.1, 0.15) is 10.7 Å². The lowest BCUT2D eigenvalue weighted by Gasteiger charge is -2.12. The summed E-state index contributed by atoms with van der Waals surface area (Å²) < 4.78 is 12.8. The van der Waals surface area contributed by atoms with Crippen LogP contribution in [0.2, 0.25) is 5.02 Å². The van der Waals surface area contributed by atoms with Gasteiger partial charge in [0.05, 0.1) is 31.3 Å². The molecule has 0 amide bonds. The number of hydrogen-bond acceptors (Lipinski definition) is 6. The Morgan fingerprint density at radius 2 is 1.91 bits per heavy atom. The second-order valence-corrected chi connectivity index (χ2v) is 7.37. The van der Waals surface area contributed by atoms with Crippen molar-refractivity contribution in [3.63, 3.8) is 0 Å². The highest BCUT2D eigenvalue weighted by Crippen LogP contribution is 2.28. The van der Waals surface area contributed by atoms with E-state index >= 15 is 0 Å². The van der Waals surface area contributed by atoms with Crippen LogP contribution < -0.4 is 20.5 Å². The van der Waals surface area contributed by atoms with Gasteiger partial charge in [-0.3, -0.25) is 10.2 Å². The smallest absolute Gasteiger partial charge is 0.292 e. The number of anilines is 1. The molecule has 168 valence electrons. The number of aromatic nitrogens is 2. The Hall–Kier alpha value is -3.32. The van der Waals surface area contributed by atoms with Gasteiger partial charge in [0.15, 0.2) is 11.5 Å². The van der Waals surface area contributed by atoms with E-state index in [9.17, 15) is 4.79 Å². The summed E-state index contributed by atoms with van der Waals surface area (Å²) >= 11 is 6.24. The maximum Gasteiger partial charge on any atom is 0.292 e. The van der Waals surface area contributed by atoms with Crippen LogP contribution in [-0.2, 0) is 0 Å². The molecule has 0 aliphatic carbocycles. The van der Waals surface area contributed by atoms with E-state index in [-0.39, 0.29) is 5.02 Å². The van der Waals surface area contributed by atoms with E-state index in [0.29, 0.717) is 36.1 Å². The van der Waals surface area contributed by atoms with Crippen molar-refractivity contribution >= 4 is 23.5 Å². The van der Waals surface area contributed by atoms with E-state index in [2.05, 4.69) is 22.5 Å². The van der Waals surface area contributed by atoms with Gasteiger partial charge in [0.2, 0.25) is 0 Å². The number of unbranched alkanes of at least 4 members (excludes halogenated alkanes) is 2. The van der Waals surface area contributed by atoms with Crippen molar-refractivity contribution in [1.82, 2.24) is 9.78 Å². The molecule has 0 unspecified atom stereocenters. The molecule has 0 atom stereocenters. The van der Waals surface area contributed by atoms with E-state index in [1.165, 1.54) is 10.9 Å². The molecule has 3 aromatic rings. The number of hydrogen-bond donors (Lipinski definition) is 1. The molecule has 0 bridgehead atoms. The molecule has 1 heterocycles. The average Bonchev–Trinajstić information content (AvgIpc) is 2.81. The summed E-state index contributed by atoms with van der Waals surface area (Å²) in [5, 5.41) is 8.37. The van der Waals surface area contributed by atoms with Gasteiger partial charge in [-0.05, 0) is 49.2 Å². The number of ether oxygens (including phenoxy) is 2. The van der Waals surface area contributed by atoms with E-state index in [0.717, 1.165) is 24.8 Å². The molecular formula is C24H27ClN4O3. The van der Waals surface area contributed by atoms with Gasteiger partial charge in [-0.2, -0.15) is 14.9 Å². The minimum atomic E-state index is -0.429. The third-order valence-electron chi connectivity index (χ3n) is 4.59. The third-order valence-corrected chi connectivity index (χ3v) is 4.96. The molecule has 0 saturated carbocycles. The number of nitrogens with one attached hydrogen (secondary N) is 1. The molecule has 0 spiro atoms. The van der Waals surface area contributed by atoms with Crippen LogP contribution in [0.25, 0.3) is 5.69 Å². The summed E-state index contributed by atoms with van der Waals surface area (Å²) in [6.45, 7) is 5.27. The lowest BCUT2D eigenvalue weighted by Crippen LogP contribution is -2.22. The van der Waals surface area contributed by atoms with Crippen molar-refractivity contribution in [2.75, 3.05) is 18.6 Å². The van der Waals surface area contributed by atoms with Crippen LogP contribution in [0.4, 0.5) is 5.69 Å². The Bertz CT molecular complexity index is 1100. The highest BCUT2D eigenvalue weighted by atomic mass is 35.5. The molecule has 3 rings (SSSR count). The Kier molecular flexibility index (Phi) is 8.69. The molecular weight excluding hydrogens is 428 g/mol. The minimum Gasteiger partial charge on any atom is -0.490 e. The van der Waals surface area contributed by atoms with Crippen LogP contribution in [0.3, 0.4) is 0 Å². The molecule has 2 aromatic carbocycles. The maximum atomic E-state index is 12.6. The van der Waals surface area contributed by atoms with Gasteiger partial charge in [0, 0.05) is 0 Å². The molecule has 0 fully saturated rings. The molecule has 1 N–H and O–H groups in total. The Balaban J connectivity index is 1.70. The second kappa shape index (κ2) is 11.9. The van der Waals surface area contributed by atoms with Gasteiger partial charge in [0.25, 0.3) is 5.56 Å². The van der Waals surface area contributed by atoms with Gasteiger partial charge in [-0.15, -0.1) is 0 Å². The van der Waals surface area contributed by atoms with Crippen LogP contribution in [0, 0.1) is 0 Å². The van der Waals surface area contributed by atoms with E-state index in [1.54, 1.807) is 18.3 Å². The molecule has 7 nitrogen and oxygen atoms in total. The van der Waals surface area contributed by atoms with Crippen LogP contribution in [0.5, 0.6) is 11.5 Å². The summed E-state index contributed by atoms with van der Waals surface area (Å²) in [5.74, 6) is 1.38. The summed E-state index contributed by atoms with van der Waals surface area (Å²) in [4.78, 5) is 12.6. The van der Waals surface area contributed by atoms with Crippen molar-refractivity contribution in [2.45, 2.75) is 33.1 Å². The predicted molar refractivity (Wildman–Crippen MR) is 129 cm³/mol. The first-order valence-electron chi connectivity index (χ1n) is 10.7. The summed E-state index contributed by atoms with van der Waals surface area (Å²) in [7, 11) is 0. The van der Waals surface area contributed by atoms with Gasteiger partial charge in [-0.25, -0.2) is 0 Å². The first-order valence-corrected chi connectivity index (χ1v) is 11.0. The maximum absolute atomic E-state index is 12.6. The van der Waals surface area contributed by atoms with Crippen LogP contribution in [0.1, 0.15) is 38.7 Å². The van der Waals surface area contributed by atoms with E-state index in [1.807, 2.05) is 43.3 Å². The fraction of sp³-hybridized carbons (Fsp3) is 0.292. The fourth-order valence-corrected chi connectivity index (χ4v) is 3.14. The highest BCUT2D eigenvalue weighted by molar-refractivity contribution is 6.32. The van der Waals surface area contributed by atoms with E-state index < -0.39 is 5.56 Å². The molecule has 8 heteroatoms. The van der Waals surface area contributed by atoms with Crippen molar-refractivity contribution in [2.24, 2.45) is 5.10 Å². The average molecular weight is 455 g/mol. The molecule has 0 radical (unpaired) electrons. The monoisotopic (exact) mass is 454 g/mol. The highest BCUT2D eigenvalue weighted by Gasteiger charge is 2.10. The summed E-state index contributed by atoms with van der Waals surface area (Å²) in [6, 6.07) is 14.7. The Morgan fingerprint density at radius 3 is 2.66 bits per heavy atom. The number of halogens is 1. The third kappa shape index (κ3) is 6.11. The standard InChI is InChI=1S/C24H27ClN4O3/c1-3-5-9-14-32-21-13-12-18(15-22(21)31-4-2)16-26-28-20-17-27-29(24(30)23(20)25)19-10-7-6-8-11-19/h6-8,10-13,15-17,28H,3-5,9,14H2,1-2H3/b26-16-.